The highest BCUT2D eigenvalue weighted by Gasteiger charge is 2.56. The lowest BCUT2D eigenvalue weighted by Crippen LogP contribution is -2.49. The highest BCUT2D eigenvalue weighted by Crippen LogP contribution is 2.57. The second kappa shape index (κ2) is 4.99. The van der Waals surface area contributed by atoms with Crippen LogP contribution < -0.4 is 4.74 Å². The van der Waals surface area contributed by atoms with Gasteiger partial charge in [-0.2, -0.15) is 0 Å². The fraction of sp³-hybridized carbons (Fsp3) is 0.667. The molecule has 1 heterocycles. The quantitative estimate of drug-likeness (QED) is 0.909. The molecule has 1 unspecified atom stereocenters. The number of benzene rings is 1. The summed E-state index contributed by atoms with van der Waals surface area (Å²) < 4.78 is 5.53. The van der Waals surface area contributed by atoms with E-state index in [1.807, 2.05) is 12.1 Å². The van der Waals surface area contributed by atoms with E-state index in [-0.39, 0.29) is 5.41 Å². The molecule has 1 aliphatic carbocycles. The first-order chi connectivity index (χ1) is 9.90. The largest absolute Gasteiger partial charge is 0.496 e. The minimum Gasteiger partial charge on any atom is -0.496 e. The lowest BCUT2D eigenvalue weighted by atomic mass is 9.65. The maximum Gasteiger partial charge on any atom is 0.122 e. The number of ether oxygens (including phenoxy) is 1. The molecule has 1 aromatic carbocycles. The molecule has 0 amide bonds. The third-order valence-corrected chi connectivity index (χ3v) is 5.72. The van der Waals surface area contributed by atoms with Crippen LogP contribution in [-0.4, -0.2) is 37.3 Å². The number of nitrogens with zero attached hydrogens (tertiary/aromatic N) is 1. The Bertz CT molecular complexity index is 532. The molecule has 1 saturated heterocycles. The summed E-state index contributed by atoms with van der Waals surface area (Å²) in [5.74, 6) is 1.25. The summed E-state index contributed by atoms with van der Waals surface area (Å²) in [5, 5.41) is 11.7. The van der Waals surface area contributed by atoms with Crippen LogP contribution in [0.5, 0.6) is 5.75 Å². The van der Waals surface area contributed by atoms with E-state index in [1.54, 1.807) is 7.11 Å². The van der Waals surface area contributed by atoms with Gasteiger partial charge < -0.3 is 14.7 Å². The zero-order valence-electron chi connectivity index (χ0n) is 13.6. The molecule has 0 spiro atoms. The van der Waals surface area contributed by atoms with Gasteiger partial charge in [0.2, 0.25) is 0 Å². The third kappa shape index (κ3) is 2.09. The standard InChI is InChI=1S/C18H27NO2/c1-17(2)12-14-15(6-5-7-16(14)21-4)18(17,20)13-8-10-19(3)11-9-13/h5-7,13,20H,8-12H2,1-4H3. The number of methoxy groups -OCH3 is 1. The van der Waals surface area contributed by atoms with Crippen molar-refractivity contribution in [3.8, 4) is 5.75 Å². The Morgan fingerprint density at radius 1 is 1.24 bits per heavy atom. The lowest BCUT2D eigenvalue weighted by Gasteiger charge is -2.46. The maximum atomic E-state index is 11.7. The summed E-state index contributed by atoms with van der Waals surface area (Å²) in [6.45, 7) is 6.54. The molecule has 1 aromatic rings. The van der Waals surface area contributed by atoms with Crippen LogP contribution in [0.1, 0.15) is 37.8 Å². The Hall–Kier alpha value is -1.06. The number of hydrogen-bond donors (Lipinski definition) is 1. The van der Waals surface area contributed by atoms with Crippen molar-refractivity contribution in [2.45, 2.75) is 38.7 Å². The Labute approximate surface area is 127 Å². The van der Waals surface area contributed by atoms with Gasteiger partial charge in [-0.25, -0.2) is 0 Å². The molecule has 21 heavy (non-hydrogen) atoms. The van der Waals surface area contributed by atoms with Gasteiger partial charge in [0.05, 0.1) is 12.7 Å². The van der Waals surface area contributed by atoms with E-state index < -0.39 is 5.60 Å². The number of piperidine rings is 1. The number of likely N-dealkylation sites (tertiary alicyclic amines) is 1. The summed E-state index contributed by atoms with van der Waals surface area (Å²) in [4.78, 5) is 2.36. The molecule has 3 rings (SSSR count). The van der Waals surface area contributed by atoms with Gasteiger partial charge in [-0.05, 0) is 56.9 Å². The van der Waals surface area contributed by atoms with Gasteiger partial charge in [-0.1, -0.05) is 26.0 Å². The molecule has 0 aromatic heterocycles. The first-order valence-corrected chi connectivity index (χ1v) is 7.97. The van der Waals surface area contributed by atoms with Gasteiger partial charge in [0, 0.05) is 11.0 Å². The molecular formula is C18H27NO2. The van der Waals surface area contributed by atoms with Gasteiger partial charge in [0.25, 0.3) is 0 Å². The van der Waals surface area contributed by atoms with E-state index in [9.17, 15) is 5.11 Å². The fourth-order valence-electron chi connectivity index (χ4n) is 4.44. The van der Waals surface area contributed by atoms with E-state index in [0.717, 1.165) is 43.7 Å². The van der Waals surface area contributed by atoms with Crippen LogP contribution >= 0.6 is 0 Å². The van der Waals surface area contributed by atoms with Crippen LogP contribution in [0, 0.1) is 11.3 Å². The van der Waals surface area contributed by atoms with E-state index >= 15 is 0 Å². The summed E-state index contributed by atoms with van der Waals surface area (Å²) in [7, 11) is 3.88. The van der Waals surface area contributed by atoms with Gasteiger partial charge in [-0.15, -0.1) is 0 Å². The predicted molar refractivity (Wildman–Crippen MR) is 84.6 cm³/mol. The number of hydrogen-bond acceptors (Lipinski definition) is 3. The fourth-order valence-corrected chi connectivity index (χ4v) is 4.44. The first kappa shape index (κ1) is 14.9. The minimum atomic E-state index is -0.738. The van der Waals surface area contributed by atoms with Crippen molar-refractivity contribution in [3.63, 3.8) is 0 Å². The van der Waals surface area contributed by atoms with Crippen LogP contribution in [0.2, 0.25) is 0 Å². The SMILES string of the molecule is COc1cccc2c1CC(C)(C)C2(O)C1CCN(C)CC1. The van der Waals surface area contributed by atoms with Crippen molar-refractivity contribution < 1.29 is 9.84 Å². The van der Waals surface area contributed by atoms with Gasteiger partial charge in [0.15, 0.2) is 0 Å². The summed E-state index contributed by atoms with van der Waals surface area (Å²) in [5.41, 5.74) is 1.41. The van der Waals surface area contributed by atoms with Crippen molar-refractivity contribution in [2.75, 3.05) is 27.2 Å². The van der Waals surface area contributed by atoms with Crippen molar-refractivity contribution in [1.82, 2.24) is 4.90 Å². The Morgan fingerprint density at radius 2 is 1.90 bits per heavy atom. The molecule has 3 nitrogen and oxygen atoms in total. The summed E-state index contributed by atoms with van der Waals surface area (Å²) in [6, 6.07) is 6.12. The average molecular weight is 289 g/mol. The van der Waals surface area contributed by atoms with Crippen LogP contribution in [0.25, 0.3) is 0 Å². The van der Waals surface area contributed by atoms with Crippen molar-refractivity contribution in [3.05, 3.63) is 29.3 Å². The maximum absolute atomic E-state index is 11.7. The molecule has 3 heteroatoms. The Balaban J connectivity index is 2.05. The molecule has 1 N–H and O–H groups in total. The zero-order chi connectivity index (χ0) is 15.3. The second-order valence-corrected chi connectivity index (χ2v) is 7.39. The van der Waals surface area contributed by atoms with Crippen LogP contribution in [0.3, 0.4) is 0 Å². The highest BCUT2D eigenvalue weighted by molar-refractivity contribution is 5.49. The van der Waals surface area contributed by atoms with Gasteiger partial charge in [0.1, 0.15) is 5.75 Å². The average Bonchev–Trinajstić information content (AvgIpc) is 2.67. The molecule has 116 valence electrons. The third-order valence-electron chi connectivity index (χ3n) is 5.72. The molecule has 2 aliphatic rings. The summed E-state index contributed by atoms with van der Waals surface area (Å²) in [6.07, 6.45) is 3.01. The molecule has 1 aliphatic heterocycles. The molecule has 1 fully saturated rings. The highest BCUT2D eigenvalue weighted by atomic mass is 16.5. The van der Waals surface area contributed by atoms with E-state index in [2.05, 4.69) is 31.9 Å². The predicted octanol–water partition coefficient (Wildman–Crippen LogP) is 2.81. The van der Waals surface area contributed by atoms with E-state index in [4.69, 9.17) is 4.74 Å². The van der Waals surface area contributed by atoms with Crippen molar-refractivity contribution in [2.24, 2.45) is 11.3 Å². The zero-order valence-corrected chi connectivity index (χ0v) is 13.6. The van der Waals surface area contributed by atoms with Crippen LogP contribution in [-0.2, 0) is 12.0 Å². The van der Waals surface area contributed by atoms with Crippen molar-refractivity contribution >= 4 is 0 Å². The lowest BCUT2D eigenvalue weighted by molar-refractivity contribution is -0.121. The molecular weight excluding hydrogens is 262 g/mol. The van der Waals surface area contributed by atoms with E-state index in [1.165, 1.54) is 5.56 Å². The molecule has 0 saturated carbocycles. The van der Waals surface area contributed by atoms with Gasteiger partial charge in [-0.3, -0.25) is 0 Å². The smallest absolute Gasteiger partial charge is 0.122 e. The van der Waals surface area contributed by atoms with E-state index in [0.29, 0.717) is 5.92 Å². The Kier molecular flexibility index (Phi) is 3.53. The number of fused-ring (bicyclic) bond motifs is 1. The number of aliphatic hydroxyl groups is 1. The summed E-state index contributed by atoms with van der Waals surface area (Å²) >= 11 is 0. The normalized spacial score (nSPS) is 29.4. The number of rotatable bonds is 2. The molecule has 0 bridgehead atoms. The van der Waals surface area contributed by atoms with Crippen molar-refractivity contribution in [1.29, 1.82) is 0 Å². The topological polar surface area (TPSA) is 32.7 Å². The minimum absolute atomic E-state index is 0.148. The van der Waals surface area contributed by atoms with Crippen LogP contribution in [0.15, 0.2) is 18.2 Å². The molecule has 0 radical (unpaired) electrons. The molecule has 1 atom stereocenters. The monoisotopic (exact) mass is 289 g/mol. The first-order valence-electron chi connectivity index (χ1n) is 7.97. The van der Waals surface area contributed by atoms with Gasteiger partial charge >= 0.3 is 0 Å². The Morgan fingerprint density at radius 3 is 2.52 bits per heavy atom. The second-order valence-electron chi connectivity index (χ2n) is 7.39. The van der Waals surface area contributed by atoms with Crippen LogP contribution in [0.4, 0.5) is 0 Å².